The van der Waals surface area contributed by atoms with Crippen LogP contribution in [0.2, 0.25) is 0 Å². The van der Waals surface area contributed by atoms with E-state index in [4.69, 9.17) is 4.74 Å². The topological polar surface area (TPSA) is 38.3 Å². The van der Waals surface area contributed by atoms with E-state index in [-0.39, 0.29) is 11.9 Å². The van der Waals surface area contributed by atoms with Gasteiger partial charge in [0.25, 0.3) is 0 Å². The zero-order valence-electron chi connectivity index (χ0n) is 10.5. The summed E-state index contributed by atoms with van der Waals surface area (Å²) < 4.78 is 5.42. The summed E-state index contributed by atoms with van der Waals surface area (Å²) in [6.07, 6.45) is 2.01. The molecule has 18 heavy (non-hydrogen) atoms. The summed E-state index contributed by atoms with van der Waals surface area (Å²) in [6, 6.07) is 9.88. The van der Waals surface area contributed by atoms with Gasteiger partial charge in [0, 0.05) is 0 Å². The molecule has 1 aliphatic carbocycles. The first-order valence-electron chi connectivity index (χ1n) is 6.74. The molecule has 2 fully saturated rings. The molecule has 1 aliphatic heterocycles. The fourth-order valence-corrected chi connectivity index (χ4v) is 3.21. The first-order valence-corrected chi connectivity index (χ1v) is 6.74. The van der Waals surface area contributed by atoms with Gasteiger partial charge in [0.1, 0.15) is 6.61 Å². The van der Waals surface area contributed by atoms with Crippen molar-refractivity contribution in [3.05, 3.63) is 35.9 Å². The maximum atomic E-state index is 12.0. The molecule has 3 nitrogen and oxygen atoms in total. The Labute approximate surface area is 108 Å². The third-order valence-electron chi connectivity index (χ3n) is 4.21. The number of carbonyl (C=O) groups is 1. The monoisotopic (exact) mass is 245 g/mol. The van der Waals surface area contributed by atoms with Gasteiger partial charge in [-0.3, -0.25) is 4.79 Å². The molecule has 3 heteroatoms. The van der Waals surface area contributed by atoms with Crippen molar-refractivity contribution in [3.8, 4) is 0 Å². The molecule has 1 heterocycles. The number of rotatable bonds is 3. The average Bonchev–Trinajstić information content (AvgIpc) is 2.98. The van der Waals surface area contributed by atoms with E-state index < -0.39 is 0 Å². The number of esters is 1. The summed E-state index contributed by atoms with van der Waals surface area (Å²) >= 11 is 0. The lowest BCUT2D eigenvalue weighted by atomic mass is 10.0. The van der Waals surface area contributed by atoms with Gasteiger partial charge in [-0.25, -0.2) is 0 Å². The van der Waals surface area contributed by atoms with Crippen molar-refractivity contribution < 1.29 is 9.53 Å². The Morgan fingerprint density at radius 1 is 1.17 bits per heavy atom. The smallest absolute Gasteiger partial charge is 0.309 e. The first-order chi connectivity index (χ1) is 8.83. The summed E-state index contributed by atoms with van der Waals surface area (Å²) in [4.78, 5) is 12.0. The third kappa shape index (κ3) is 2.41. The number of ether oxygens (including phenoxy) is 1. The molecule has 1 aromatic rings. The SMILES string of the molecule is O=C(OCc1ccccc1)C1C[C@H]2CNC[C@@H]2C1. The Morgan fingerprint density at radius 2 is 1.83 bits per heavy atom. The molecule has 0 radical (unpaired) electrons. The van der Waals surface area contributed by atoms with Crippen molar-refractivity contribution in [1.82, 2.24) is 5.32 Å². The highest BCUT2D eigenvalue weighted by molar-refractivity contribution is 5.73. The Kier molecular flexibility index (Phi) is 3.33. The lowest BCUT2D eigenvalue weighted by Crippen LogP contribution is -2.19. The maximum Gasteiger partial charge on any atom is 0.309 e. The molecule has 0 amide bonds. The summed E-state index contributed by atoms with van der Waals surface area (Å²) in [7, 11) is 0. The zero-order chi connectivity index (χ0) is 12.4. The first kappa shape index (κ1) is 11.7. The van der Waals surface area contributed by atoms with Crippen molar-refractivity contribution >= 4 is 5.97 Å². The van der Waals surface area contributed by atoms with E-state index in [0.29, 0.717) is 18.4 Å². The Balaban J connectivity index is 1.50. The molecule has 1 saturated carbocycles. The van der Waals surface area contributed by atoms with Crippen molar-refractivity contribution in [2.45, 2.75) is 19.4 Å². The van der Waals surface area contributed by atoms with Crippen molar-refractivity contribution in [2.24, 2.45) is 17.8 Å². The predicted molar refractivity (Wildman–Crippen MR) is 68.8 cm³/mol. The van der Waals surface area contributed by atoms with Gasteiger partial charge < -0.3 is 10.1 Å². The maximum absolute atomic E-state index is 12.0. The second kappa shape index (κ2) is 5.11. The molecule has 3 rings (SSSR count). The standard InChI is InChI=1S/C15H19NO2/c17-15(18-10-11-4-2-1-3-5-11)12-6-13-8-16-9-14(13)7-12/h1-5,12-14,16H,6-10H2/t13-,14-/m0/s1. The molecular weight excluding hydrogens is 226 g/mol. The van der Waals surface area contributed by atoms with Crippen molar-refractivity contribution in [1.29, 1.82) is 0 Å². The summed E-state index contributed by atoms with van der Waals surface area (Å²) in [5.74, 6) is 1.51. The Morgan fingerprint density at radius 3 is 2.50 bits per heavy atom. The molecular formula is C15H19NO2. The summed E-state index contributed by atoms with van der Waals surface area (Å²) in [5.41, 5.74) is 1.06. The van der Waals surface area contributed by atoms with E-state index >= 15 is 0 Å². The number of hydrogen-bond acceptors (Lipinski definition) is 3. The molecule has 1 N–H and O–H groups in total. The Hall–Kier alpha value is -1.35. The van der Waals surface area contributed by atoms with E-state index in [1.807, 2.05) is 30.3 Å². The largest absolute Gasteiger partial charge is 0.461 e. The van der Waals surface area contributed by atoms with Gasteiger partial charge >= 0.3 is 5.97 Å². The van der Waals surface area contributed by atoms with Gasteiger partial charge in [0.05, 0.1) is 5.92 Å². The van der Waals surface area contributed by atoms with Crippen LogP contribution in [0.25, 0.3) is 0 Å². The normalized spacial score (nSPS) is 27.1. The molecule has 0 bridgehead atoms. The van der Waals surface area contributed by atoms with Crippen LogP contribution >= 0.6 is 0 Å². The van der Waals surface area contributed by atoms with Crippen LogP contribution in [0.4, 0.5) is 0 Å². The van der Waals surface area contributed by atoms with Crippen LogP contribution in [-0.2, 0) is 16.1 Å². The minimum Gasteiger partial charge on any atom is -0.461 e. The Bertz CT molecular complexity index is 406. The van der Waals surface area contributed by atoms with E-state index in [1.165, 1.54) is 0 Å². The van der Waals surface area contributed by atoms with Crippen molar-refractivity contribution in [3.63, 3.8) is 0 Å². The highest BCUT2D eigenvalue weighted by atomic mass is 16.5. The molecule has 1 aromatic carbocycles. The molecule has 2 aliphatic rings. The molecule has 0 unspecified atom stereocenters. The van der Waals surface area contributed by atoms with Gasteiger partial charge in [-0.2, -0.15) is 0 Å². The van der Waals surface area contributed by atoms with Crippen LogP contribution < -0.4 is 5.32 Å². The van der Waals surface area contributed by atoms with E-state index in [2.05, 4.69) is 5.32 Å². The number of benzene rings is 1. The fraction of sp³-hybridized carbons (Fsp3) is 0.533. The quantitative estimate of drug-likeness (QED) is 0.827. The van der Waals surface area contributed by atoms with Gasteiger partial charge in [0.15, 0.2) is 0 Å². The zero-order valence-corrected chi connectivity index (χ0v) is 10.5. The molecule has 1 saturated heterocycles. The minimum atomic E-state index is -0.00625. The number of nitrogens with one attached hydrogen (secondary N) is 1. The number of fused-ring (bicyclic) bond motifs is 1. The van der Waals surface area contributed by atoms with Crippen LogP contribution in [0.15, 0.2) is 30.3 Å². The third-order valence-corrected chi connectivity index (χ3v) is 4.21. The number of carbonyl (C=O) groups excluding carboxylic acids is 1. The molecule has 2 atom stereocenters. The molecule has 96 valence electrons. The van der Waals surface area contributed by atoms with Crippen LogP contribution in [0, 0.1) is 17.8 Å². The van der Waals surface area contributed by atoms with Crippen LogP contribution in [-0.4, -0.2) is 19.1 Å². The van der Waals surface area contributed by atoms with E-state index in [1.54, 1.807) is 0 Å². The van der Waals surface area contributed by atoms with E-state index in [9.17, 15) is 4.79 Å². The lowest BCUT2D eigenvalue weighted by molar-refractivity contribution is -0.149. The fourth-order valence-electron chi connectivity index (χ4n) is 3.21. The summed E-state index contributed by atoms with van der Waals surface area (Å²) in [5, 5.41) is 3.39. The minimum absolute atomic E-state index is 0.00625. The van der Waals surface area contributed by atoms with Crippen LogP contribution in [0.1, 0.15) is 18.4 Å². The molecule has 0 aromatic heterocycles. The predicted octanol–water partition coefficient (Wildman–Crippen LogP) is 1.98. The lowest BCUT2D eigenvalue weighted by Gasteiger charge is -2.11. The van der Waals surface area contributed by atoms with E-state index in [0.717, 1.165) is 31.5 Å². The second-order valence-electron chi connectivity index (χ2n) is 5.44. The van der Waals surface area contributed by atoms with Crippen LogP contribution in [0.5, 0.6) is 0 Å². The highest BCUT2D eigenvalue weighted by Crippen LogP contribution is 2.39. The summed E-state index contributed by atoms with van der Waals surface area (Å²) in [6.45, 7) is 2.56. The second-order valence-corrected chi connectivity index (χ2v) is 5.44. The van der Waals surface area contributed by atoms with Gasteiger partial charge in [-0.1, -0.05) is 30.3 Å². The highest BCUT2D eigenvalue weighted by Gasteiger charge is 2.40. The average molecular weight is 245 g/mol. The van der Waals surface area contributed by atoms with Gasteiger partial charge in [-0.05, 0) is 43.3 Å². The van der Waals surface area contributed by atoms with Gasteiger partial charge in [0.2, 0.25) is 0 Å². The van der Waals surface area contributed by atoms with Gasteiger partial charge in [-0.15, -0.1) is 0 Å². The number of hydrogen-bond donors (Lipinski definition) is 1. The van der Waals surface area contributed by atoms with Crippen LogP contribution in [0.3, 0.4) is 0 Å². The molecule has 0 spiro atoms. The van der Waals surface area contributed by atoms with Crippen molar-refractivity contribution in [2.75, 3.05) is 13.1 Å².